The van der Waals surface area contributed by atoms with Gasteiger partial charge in [-0.2, -0.15) is 5.26 Å². The number of thiophene rings is 1. The fraction of sp³-hybridized carbons (Fsp3) is 0. The predicted octanol–water partition coefficient (Wildman–Crippen LogP) is 4.92. The van der Waals surface area contributed by atoms with Crippen molar-refractivity contribution in [1.29, 1.82) is 5.26 Å². The Morgan fingerprint density at radius 3 is 2.80 bits per heavy atom. The maximum absolute atomic E-state index is 9.05. The lowest BCUT2D eigenvalue weighted by Gasteiger charge is -1.95. The number of nitriles is 1. The molecule has 0 aliphatic heterocycles. The topological polar surface area (TPSA) is 39.6 Å². The van der Waals surface area contributed by atoms with Crippen LogP contribution in [0, 0.1) is 11.3 Å². The lowest BCUT2D eigenvalue weighted by atomic mass is 10.1. The molecule has 0 spiro atoms. The Labute approximate surface area is 119 Å². The van der Waals surface area contributed by atoms with E-state index in [-0.39, 0.29) is 0 Å². The van der Waals surface area contributed by atoms with Gasteiger partial charge in [0, 0.05) is 32.2 Å². The Hall–Kier alpha value is -2.57. The number of H-pyrrole nitrogens is 1. The van der Waals surface area contributed by atoms with Gasteiger partial charge in [-0.3, -0.25) is 0 Å². The Balaban J connectivity index is 1.99. The monoisotopic (exact) mass is 274 g/mol. The van der Waals surface area contributed by atoms with E-state index in [0.717, 1.165) is 10.9 Å². The van der Waals surface area contributed by atoms with Crippen LogP contribution >= 0.6 is 11.3 Å². The highest BCUT2D eigenvalue weighted by Crippen LogP contribution is 2.37. The standard InChI is InChI=1S/C17H10N2S/c18-9-11-5-6-15-13(7-11)14(10-19-15)17-8-12-3-1-2-4-16(12)20-17/h1-8,10,19H. The number of hydrogen-bond donors (Lipinski definition) is 1. The second-order valence-electron chi connectivity index (χ2n) is 4.72. The number of aromatic amines is 1. The van der Waals surface area contributed by atoms with Crippen molar-refractivity contribution >= 4 is 32.3 Å². The van der Waals surface area contributed by atoms with Crippen LogP contribution in [0.15, 0.2) is 54.7 Å². The van der Waals surface area contributed by atoms with Gasteiger partial charge in [0.1, 0.15) is 0 Å². The van der Waals surface area contributed by atoms with Crippen LogP contribution < -0.4 is 0 Å². The van der Waals surface area contributed by atoms with Gasteiger partial charge in [0.25, 0.3) is 0 Å². The molecule has 2 heterocycles. The van der Waals surface area contributed by atoms with Crippen LogP contribution in [0.4, 0.5) is 0 Å². The third-order valence-corrected chi connectivity index (χ3v) is 4.65. The molecule has 0 saturated heterocycles. The summed E-state index contributed by atoms with van der Waals surface area (Å²) < 4.78 is 1.29. The molecular formula is C17H10N2S. The van der Waals surface area contributed by atoms with Gasteiger partial charge < -0.3 is 4.98 Å². The van der Waals surface area contributed by atoms with E-state index < -0.39 is 0 Å². The van der Waals surface area contributed by atoms with E-state index in [4.69, 9.17) is 5.26 Å². The summed E-state index contributed by atoms with van der Waals surface area (Å²) in [6.45, 7) is 0. The van der Waals surface area contributed by atoms with Crippen molar-refractivity contribution in [2.45, 2.75) is 0 Å². The molecule has 20 heavy (non-hydrogen) atoms. The fourth-order valence-electron chi connectivity index (χ4n) is 2.51. The van der Waals surface area contributed by atoms with E-state index in [1.165, 1.54) is 20.5 Å². The Morgan fingerprint density at radius 2 is 1.95 bits per heavy atom. The molecule has 94 valence electrons. The molecule has 2 aromatic heterocycles. The molecule has 1 N–H and O–H groups in total. The summed E-state index contributed by atoms with van der Waals surface area (Å²) in [6.07, 6.45) is 2.02. The number of nitrogens with zero attached hydrogens (tertiary/aromatic N) is 1. The van der Waals surface area contributed by atoms with Crippen LogP contribution in [-0.4, -0.2) is 4.98 Å². The van der Waals surface area contributed by atoms with E-state index in [0.29, 0.717) is 5.56 Å². The summed E-state index contributed by atoms with van der Waals surface area (Å²) in [7, 11) is 0. The van der Waals surface area contributed by atoms with Crippen LogP contribution in [0.1, 0.15) is 5.56 Å². The van der Waals surface area contributed by atoms with Crippen molar-refractivity contribution in [2.24, 2.45) is 0 Å². The van der Waals surface area contributed by atoms with E-state index in [1.54, 1.807) is 11.3 Å². The van der Waals surface area contributed by atoms with Gasteiger partial charge in [-0.15, -0.1) is 11.3 Å². The third kappa shape index (κ3) is 1.63. The third-order valence-electron chi connectivity index (χ3n) is 3.50. The maximum atomic E-state index is 9.05. The summed E-state index contributed by atoms with van der Waals surface area (Å²) in [5.74, 6) is 0. The lowest BCUT2D eigenvalue weighted by molar-refractivity contribution is 1.47. The first-order valence-electron chi connectivity index (χ1n) is 6.35. The molecule has 0 saturated carbocycles. The summed E-state index contributed by atoms with van der Waals surface area (Å²) in [6, 6.07) is 18.6. The molecular weight excluding hydrogens is 264 g/mol. The average molecular weight is 274 g/mol. The molecule has 0 unspecified atom stereocenters. The summed E-state index contributed by atoms with van der Waals surface area (Å²) in [5.41, 5.74) is 2.93. The SMILES string of the molecule is N#Cc1ccc2[nH]cc(-c3cc4ccccc4s3)c2c1. The van der Waals surface area contributed by atoms with Crippen LogP contribution in [-0.2, 0) is 0 Å². The van der Waals surface area contributed by atoms with E-state index in [1.807, 2.05) is 24.4 Å². The Kier molecular flexibility index (Phi) is 2.38. The molecule has 0 bridgehead atoms. The average Bonchev–Trinajstić information content (AvgIpc) is 3.09. The zero-order valence-corrected chi connectivity index (χ0v) is 11.4. The van der Waals surface area contributed by atoms with E-state index in [2.05, 4.69) is 41.4 Å². The van der Waals surface area contributed by atoms with Crippen molar-refractivity contribution in [1.82, 2.24) is 4.98 Å². The van der Waals surface area contributed by atoms with Crippen LogP contribution in [0.3, 0.4) is 0 Å². The molecule has 4 rings (SSSR count). The Bertz CT molecular complexity index is 936. The van der Waals surface area contributed by atoms with Gasteiger partial charge in [0.05, 0.1) is 11.6 Å². The van der Waals surface area contributed by atoms with Crippen molar-refractivity contribution in [3.05, 3.63) is 60.3 Å². The van der Waals surface area contributed by atoms with Crippen LogP contribution in [0.2, 0.25) is 0 Å². The smallest absolute Gasteiger partial charge is 0.0991 e. The maximum Gasteiger partial charge on any atom is 0.0991 e. The largest absolute Gasteiger partial charge is 0.361 e. The highest BCUT2D eigenvalue weighted by Gasteiger charge is 2.10. The van der Waals surface area contributed by atoms with Crippen LogP contribution in [0.25, 0.3) is 31.4 Å². The molecule has 0 aliphatic rings. The molecule has 0 fully saturated rings. The fourth-order valence-corrected chi connectivity index (χ4v) is 3.60. The Morgan fingerprint density at radius 1 is 1.05 bits per heavy atom. The van der Waals surface area contributed by atoms with E-state index in [9.17, 15) is 0 Å². The first kappa shape index (κ1) is 11.3. The van der Waals surface area contributed by atoms with E-state index >= 15 is 0 Å². The van der Waals surface area contributed by atoms with Gasteiger partial charge in [-0.05, 0) is 35.7 Å². The number of rotatable bonds is 1. The zero-order valence-electron chi connectivity index (χ0n) is 10.6. The first-order valence-corrected chi connectivity index (χ1v) is 7.17. The lowest BCUT2D eigenvalue weighted by Crippen LogP contribution is -1.74. The zero-order chi connectivity index (χ0) is 13.5. The summed E-state index contributed by atoms with van der Waals surface area (Å²) >= 11 is 1.78. The second-order valence-corrected chi connectivity index (χ2v) is 5.81. The highest BCUT2D eigenvalue weighted by molar-refractivity contribution is 7.22. The van der Waals surface area contributed by atoms with Crippen LogP contribution in [0.5, 0.6) is 0 Å². The quantitative estimate of drug-likeness (QED) is 0.525. The van der Waals surface area contributed by atoms with Gasteiger partial charge in [0.2, 0.25) is 0 Å². The molecule has 0 aliphatic carbocycles. The first-order chi connectivity index (χ1) is 9.85. The minimum atomic E-state index is 0.694. The van der Waals surface area contributed by atoms with Crippen molar-refractivity contribution in [3.63, 3.8) is 0 Å². The minimum Gasteiger partial charge on any atom is -0.361 e. The molecule has 0 amide bonds. The minimum absolute atomic E-state index is 0.694. The van der Waals surface area contributed by atoms with Crippen molar-refractivity contribution in [2.75, 3.05) is 0 Å². The number of aromatic nitrogens is 1. The van der Waals surface area contributed by atoms with Gasteiger partial charge in [-0.25, -0.2) is 0 Å². The molecule has 0 radical (unpaired) electrons. The predicted molar refractivity (Wildman–Crippen MR) is 83.8 cm³/mol. The number of fused-ring (bicyclic) bond motifs is 2. The molecule has 2 nitrogen and oxygen atoms in total. The number of nitrogens with one attached hydrogen (secondary N) is 1. The van der Waals surface area contributed by atoms with Crippen molar-refractivity contribution in [3.8, 4) is 16.5 Å². The van der Waals surface area contributed by atoms with Gasteiger partial charge in [0.15, 0.2) is 0 Å². The second kappa shape index (κ2) is 4.22. The molecule has 2 aromatic carbocycles. The highest BCUT2D eigenvalue weighted by atomic mass is 32.1. The number of benzene rings is 2. The van der Waals surface area contributed by atoms with Gasteiger partial charge in [-0.1, -0.05) is 18.2 Å². The van der Waals surface area contributed by atoms with Crippen molar-refractivity contribution < 1.29 is 0 Å². The van der Waals surface area contributed by atoms with Gasteiger partial charge >= 0.3 is 0 Å². The molecule has 0 atom stereocenters. The molecule has 3 heteroatoms. The summed E-state index contributed by atoms with van der Waals surface area (Å²) in [4.78, 5) is 4.51. The molecule has 4 aromatic rings. The normalized spacial score (nSPS) is 10.9. The number of hydrogen-bond acceptors (Lipinski definition) is 2. The summed E-state index contributed by atoms with van der Waals surface area (Å²) in [5, 5.41) is 11.4.